The summed E-state index contributed by atoms with van der Waals surface area (Å²) < 4.78 is 0. The number of hydrogen-bond donors (Lipinski definition) is 2. The quantitative estimate of drug-likeness (QED) is 0.604. The number of rotatable bonds is 6. The minimum absolute atomic E-state index is 0.0577. The van der Waals surface area contributed by atoms with Crippen LogP contribution in [0.15, 0.2) is 18.2 Å². The van der Waals surface area contributed by atoms with Crippen molar-refractivity contribution in [1.82, 2.24) is 0 Å². The highest BCUT2D eigenvalue weighted by molar-refractivity contribution is 7.99. The van der Waals surface area contributed by atoms with Gasteiger partial charge in [-0.3, -0.25) is 4.79 Å². The predicted molar refractivity (Wildman–Crippen MR) is 76.5 cm³/mol. The number of nitrogens with one attached hydrogen (secondary N) is 1. The van der Waals surface area contributed by atoms with E-state index in [-0.39, 0.29) is 5.91 Å². The molecule has 1 aromatic rings. The maximum atomic E-state index is 11.7. The molecule has 0 atom stereocenters. The summed E-state index contributed by atoms with van der Waals surface area (Å²) in [5, 5.41) is 2.90. The summed E-state index contributed by atoms with van der Waals surface area (Å²) in [4.78, 5) is 11.7. The molecule has 0 bridgehead atoms. The molecule has 0 heterocycles. The molecular formula is C13H20N2OS. The zero-order valence-electron chi connectivity index (χ0n) is 10.5. The Hall–Kier alpha value is -1.16. The van der Waals surface area contributed by atoms with Crippen molar-refractivity contribution in [2.75, 3.05) is 22.6 Å². The first-order valence-corrected chi connectivity index (χ1v) is 7.03. The Morgan fingerprint density at radius 3 is 2.88 bits per heavy atom. The highest BCUT2D eigenvalue weighted by atomic mass is 32.2. The van der Waals surface area contributed by atoms with Gasteiger partial charge >= 0.3 is 0 Å². The molecule has 94 valence electrons. The van der Waals surface area contributed by atoms with Gasteiger partial charge < -0.3 is 11.1 Å². The van der Waals surface area contributed by atoms with Crippen LogP contribution >= 0.6 is 11.8 Å². The third-order valence-corrected chi connectivity index (χ3v) is 3.66. The van der Waals surface area contributed by atoms with Gasteiger partial charge in [0.15, 0.2) is 0 Å². The van der Waals surface area contributed by atoms with Crippen LogP contribution in [-0.2, 0) is 4.79 Å². The van der Waals surface area contributed by atoms with Gasteiger partial charge in [-0.15, -0.1) is 0 Å². The number of benzene rings is 1. The average Bonchev–Trinajstić information content (AvgIpc) is 2.31. The first-order valence-electron chi connectivity index (χ1n) is 5.87. The standard InChI is InChI=1S/C13H20N2OS/c1-3-8-17-9-7-13(16)15-12-6-4-5-11(14)10(12)2/h4-6H,3,7-9,14H2,1-2H3,(H,15,16). The molecule has 3 nitrogen and oxygen atoms in total. The molecule has 0 aliphatic rings. The van der Waals surface area contributed by atoms with Crippen molar-refractivity contribution in [1.29, 1.82) is 0 Å². The van der Waals surface area contributed by atoms with Gasteiger partial charge in [-0.05, 0) is 36.8 Å². The summed E-state index contributed by atoms with van der Waals surface area (Å²) in [6, 6.07) is 5.56. The number of anilines is 2. The van der Waals surface area contributed by atoms with Gasteiger partial charge in [-0.2, -0.15) is 11.8 Å². The number of nitrogen functional groups attached to an aromatic ring is 1. The van der Waals surface area contributed by atoms with Crippen molar-refractivity contribution in [2.45, 2.75) is 26.7 Å². The maximum absolute atomic E-state index is 11.7. The number of thioether (sulfide) groups is 1. The van der Waals surface area contributed by atoms with Crippen molar-refractivity contribution < 1.29 is 4.79 Å². The zero-order chi connectivity index (χ0) is 12.7. The maximum Gasteiger partial charge on any atom is 0.225 e. The molecule has 0 unspecified atom stereocenters. The van der Waals surface area contributed by atoms with E-state index in [1.54, 1.807) is 0 Å². The fraction of sp³-hybridized carbons (Fsp3) is 0.462. The summed E-state index contributed by atoms with van der Waals surface area (Å²) >= 11 is 1.81. The van der Waals surface area contributed by atoms with E-state index in [2.05, 4.69) is 12.2 Å². The van der Waals surface area contributed by atoms with E-state index in [1.165, 1.54) is 0 Å². The first kappa shape index (κ1) is 13.9. The van der Waals surface area contributed by atoms with Crippen LogP contribution in [0.4, 0.5) is 11.4 Å². The summed E-state index contributed by atoms with van der Waals surface area (Å²) in [5.74, 6) is 2.05. The molecule has 0 aromatic heterocycles. The Kier molecular flexibility index (Phi) is 5.91. The molecule has 0 radical (unpaired) electrons. The van der Waals surface area contributed by atoms with Crippen molar-refractivity contribution in [3.8, 4) is 0 Å². The number of carbonyl (C=O) groups is 1. The van der Waals surface area contributed by atoms with Crippen molar-refractivity contribution in [3.63, 3.8) is 0 Å². The third kappa shape index (κ3) is 4.69. The zero-order valence-corrected chi connectivity index (χ0v) is 11.3. The molecular weight excluding hydrogens is 232 g/mol. The van der Waals surface area contributed by atoms with Crippen LogP contribution in [0.1, 0.15) is 25.3 Å². The largest absolute Gasteiger partial charge is 0.398 e. The molecule has 0 aliphatic carbocycles. The Balaban J connectivity index is 2.43. The number of hydrogen-bond acceptors (Lipinski definition) is 3. The lowest BCUT2D eigenvalue weighted by molar-refractivity contribution is -0.115. The summed E-state index contributed by atoms with van der Waals surface area (Å²) in [7, 11) is 0. The van der Waals surface area contributed by atoms with Crippen LogP contribution in [0.3, 0.4) is 0 Å². The van der Waals surface area contributed by atoms with E-state index in [0.717, 1.165) is 29.2 Å². The van der Waals surface area contributed by atoms with Crippen LogP contribution in [-0.4, -0.2) is 17.4 Å². The van der Waals surface area contributed by atoms with E-state index < -0.39 is 0 Å². The van der Waals surface area contributed by atoms with E-state index in [0.29, 0.717) is 12.1 Å². The monoisotopic (exact) mass is 252 g/mol. The highest BCUT2D eigenvalue weighted by Crippen LogP contribution is 2.20. The van der Waals surface area contributed by atoms with Crippen molar-refractivity contribution >= 4 is 29.0 Å². The molecule has 0 aliphatic heterocycles. The topological polar surface area (TPSA) is 55.1 Å². The molecule has 17 heavy (non-hydrogen) atoms. The smallest absolute Gasteiger partial charge is 0.225 e. The van der Waals surface area contributed by atoms with Crippen LogP contribution in [0.5, 0.6) is 0 Å². The summed E-state index contributed by atoms with van der Waals surface area (Å²) in [6.07, 6.45) is 1.71. The van der Waals surface area contributed by atoms with Crippen LogP contribution in [0.2, 0.25) is 0 Å². The third-order valence-electron chi connectivity index (χ3n) is 2.47. The van der Waals surface area contributed by atoms with E-state index in [1.807, 2.05) is 36.9 Å². The van der Waals surface area contributed by atoms with Gasteiger partial charge in [0, 0.05) is 23.5 Å². The van der Waals surface area contributed by atoms with E-state index >= 15 is 0 Å². The minimum Gasteiger partial charge on any atom is -0.398 e. The predicted octanol–water partition coefficient (Wildman–Crippen LogP) is 3.05. The highest BCUT2D eigenvalue weighted by Gasteiger charge is 2.05. The molecule has 0 spiro atoms. The number of nitrogens with two attached hydrogens (primary N) is 1. The summed E-state index contributed by atoms with van der Waals surface area (Å²) in [6.45, 7) is 4.06. The Morgan fingerprint density at radius 2 is 2.18 bits per heavy atom. The normalized spacial score (nSPS) is 10.2. The molecule has 3 N–H and O–H groups in total. The van der Waals surface area contributed by atoms with Gasteiger partial charge in [0.25, 0.3) is 0 Å². The van der Waals surface area contributed by atoms with E-state index in [4.69, 9.17) is 5.73 Å². The number of carbonyl (C=O) groups excluding carboxylic acids is 1. The molecule has 0 saturated heterocycles. The minimum atomic E-state index is 0.0577. The van der Waals surface area contributed by atoms with Crippen molar-refractivity contribution in [3.05, 3.63) is 23.8 Å². The van der Waals surface area contributed by atoms with Crippen LogP contribution in [0.25, 0.3) is 0 Å². The van der Waals surface area contributed by atoms with Gasteiger partial charge in [-0.1, -0.05) is 13.0 Å². The molecule has 1 aromatic carbocycles. The summed E-state index contributed by atoms with van der Waals surface area (Å²) in [5.41, 5.74) is 8.24. The molecule has 4 heteroatoms. The van der Waals surface area contributed by atoms with E-state index in [9.17, 15) is 4.79 Å². The first-order chi connectivity index (χ1) is 8.15. The lowest BCUT2D eigenvalue weighted by Crippen LogP contribution is -2.13. The van der Waals surface area contributed by atoms with Gasteiger partial charge in [-0.25, -0.2) is 0 Å². The second-order valence-corrected chi connectivity index (χ2v) is 5.16. The second-order valence-electron chi connectivity index (χ2n) is 3.93. The number of amides is 1. The second kappa shape index (κ2) is 7.22. The lowest BCUT2D eigenvalue weighted by atomic mass is 10.1. The Bertz CT molecular complexity index is 380. The molecule has 1 amide bonds. The molecule has 0 fully saturated rings. The van der Waals surface area contributed by atoms with Gasteiger partial charge in [0.05, 0.1) is 0 Å². The molecule has 0 saturated carbocycles. The Labute approximate surface area is 107 Å². The van der Waals surface area contributed by atoms with Gasteiger partial charge in [0.1, 0.15) is 0 Å². The Morgan fingerprint density at radius 1 is 1.41 bits per heavy atom. The SMILES string of the molecule is CCCSCCC(=O)Nc1cccc(N)c1C. The van der Waals surface area contributed by atoms with Gasteiger partial charge in [0.2, 0.25) is 5.91 Å². The van der Waals surface area contributed by atoms with Crippen LogP contribution < -0.4 is 11.1 Å². The van der Waals surface area contributed by atoms with Crippen LogP contribution in [0, 0.1) is 6.92 Å². The fourth-order valence-electron chi connectivity index (χ4n) is 1.41. The molecule has 1 rings (SSSR count). The fourth-order valence-corrected chi connectivity index (χ4v) is 2.24. The lowest BCUT2D eigenvalue weighted by Gasteiger charge is -2.09. The average molecular weight is 252 g/mol. The van der Waals surface area contributed by atoms with Crippen molar-refractivity contribution in [2.24, 2.45) is 0 Å².